The Balaban J connectivity index is 1.32. The zero-order chi connectivity index (χ0) is 19.8. The minimum atomic E-state index is -0.690. The number of anilines is 1. The van der Waals surface area contributed by atoms with Crippen molar-refractivity contribution in [1.82, 2.24) is 9.55 Å². The Kier molecular flexibility index (Phi) is 4.17. The van der Waals surface area contributed by atoms with Crippen LogP contribution in [0, 0.1) is 0 Å². The Labute approximate surface area is 167 Å². The van der Waals surface area contributed by atoms with E-state index in [9.17, 15) is 4.79 Å². The zero-order valence-corrected chi connectivity index (χ0v) is 15.8. The molecule has 6 nitrogen and oxygen atoms in total. The van der Waals surface area contributed by atoms with Gasteiger partial charge in [-0.05, 0) is 48.5 Å². The van der Waals surface area contributed by atoms with Gasteiger partial charge in [0.2, 0.25) is 6.10 Å². The Morgan fingerprint density at radius 3 is 2.52 bits per heavy atom. The van der Waals surface area contributed by atoms with E-state index in [1.807, 2.05) is 73.8 Å². The van der Waals surface area contributed by atoms with Gasteiger partial charge in [0.1, 0.15) is 12.4 Å². The standard InChI is InChI=1S/C23H19N3O3/c1-26-18-7-3-2-6-17(18)25-22(26)15-10-12-16(13-11-15)24-23(27)21-14-28-19-8-4-5-9-20(19)29-21/h2-13,21H,14H2,1H3,(H,24,27). The number of carbonyl (C=O) groups is 1. The minimum absolute atomic E-state index is 0.181. The molecule has 5 rings (SSSR count). The van der Waals surface area contributed by atoms with Crippen LogP contribution in [0.2, 0.25) is 0 Å². The van der Waals surface area contributed by atoms with Gasteiger partial charge in [0.05, 0.1) is 11.0 Å². The molecule has 0 saturated heterocycles. The third kappa shape index (κ3) is 3.18. The number of para-hydroxylation sites is 4. The molecular weight excluding hydrogens is 366 g/mol. The normalized spacial score (nSPS) is 15.3. The second-order valence-corrected chi connectivity index (χ2v) is 6.91. The molecule has 1 aliphatic rings. The predicted molar refractivity (Wildman–Crippen MR) is 111 cm³/mol. The summed E-state index contributed by atoms with van der Waals surface area (Å²) < 4.78 is 13.4. The second kappa shape index (κ2) is 6.98. The number of ether oxygens (including phenoxy) is 2. The average molecular weight is 385 g/mol. The van der Waals surface area contributed by atoms with Crippen LogP contribution in [0.5, 0.6) is 11.5 Å². The van der Waals surface area contributed by atoms with Gasteiger partial charge >= 0.3 is 0 Å². The van der Waals surface area contributed by atoms with E-state index < -0.39 is 6.10 Å². The van der Waals surface area contributed by atoms with Crippen LogP contribution in [0.1, 0.15) is 0 Å². The van der Waals surface area contributed by atoms with Gasteiger partial charge in [0.15, 0.2) is 11.5 Å². The number of aryl methyl sites for hydroxylation is 1. The average Bonchev–Trinajstić information content (AvgIpc) is 3.10. The van der Waals surface area contributed by atoms with Crippen molar-refractivity contribution in [1.29, 1.82) is 0 Å². The highest BCUT2D eigenvalue weighted by atomic mass is 16.6. The van der Waals surface area contributed by atoms with Crippen LogP contribution in [-0.4, -0.2) is 28.2 Å². The molecule has 1 aromatic heterocycles. The van der Waals surface area contributed by atoms with Crippen LogP contribution in [0.25, 0.3) is 22.4 Å². The summed E-state index contributed by atoms with van der Waals surface area (Å²) in [6, 6.07) is 23.0. The summed E-state index contributed by atoms with van der Waals surface area (Å²) in [5.41, 5.74) is 3.71. The molecule has 0 radical (unpaired) electrons. The number of nitrogens with one attached hydrogen (secondary N) is 1. The molecule has 0 spiro atoms. The number of hydrogen-bond donors (Lipinski definition) is 1. The number of aromatic nitrogens is 2. The maximum Gasteiger partial charge on any atom is 0.269 e. The van der Waals surface area contributed by atoms with Crippen LogP contribution in [0.4, 0.5) is 5.69 Å². The van der Waals surface area contributed by atoms with E-state index in [1.54, 1.807) is 6.07 Å². The quantitative estimate of drug-likeness (QED) is 0.579. The van der Waals surface area contributed by atoms with E-state index in [0.29, 0.717) is 17.2 Å². The highest BCUT2D eigenvalue weighted by Gasteiger charge is 2.27. The van der Waals surface area contributed by atoms with Crippen LogP contribution < -0.4 is 14.8 Å². The molecule has 1 N–H and O–H groups in total. The largest absolute Gasteiger partial charge is 0.485 e. The molecule has 1 amide bonds. The topological polar surface area (TPSA) is 65.4 Å². The number of imidazole rings is 1. The minimum Gasteiger partial charge on any atom is -0.485 e. The summed E-state index contributed by atoms with van der Waals surface area (Å²) in [5, 5.41) is 2.89. The smallest absolute Gasteiger partial charge is 0.269 e. The highest BCUT2D eigenvalue weighted by molar-refractivity contribution is 5.95. The third-order valence-corrected chi connectivity index (χ3v) is 5.00. The first-order valence-electron chi connectivity index (χ1n) is 9.40. The Bertz CT molecular complexity index is 1200. The molecule has 29 heavy (non-hydrogen) atoms. The molecular formula is C23H19N3O3. The first-order valence-corrected chi connectivity index (χ1v) is 9.40. The number of hydrogen-bond acceptors (Lipinski definition) is 4. The van der Waals surface area contributed by atoms with Crippen molar-refractivity contribution in [3.8, 4) is 22.9 Å². The monoisotopic (exact) mass is 385 g/mol. The lowest BCUT2D eigenvalue weighted by Crippen LogP contribution is -2.40. The van der Waals surface area contributed by atoms with E-state index in [0.717, 1.165) is 22.4 Å². The molecule has 2 heterocycles. The van der Waals surface area contributed by atoms with Crippen LogP contribution in [0.15, 0.2) is 72.8 Å². The molecule has 144 valence electrons. The molecule has 0 aliphatic carbocycles. The lowest BCUT2D eigenvalue weighted by Gasteiger charge is -2.25. The summed E-state index contributed by atoms with van der Waals surface area (Å²) >= 11 is 0. The van der Waals surface area contributed by atoms with E-state index in [2.05, 4.69) is 9.88 Å². The molecule has 0 saturated carbocycles. The van der Waals surface area contributed by atoms with Gasteiger partial charge in [0, 0.05) is 18.3 Å². The van der Waals surface area contributed by atoms with Crippen molar-refractivity contribution in [2.75, 3.05) is 11.9 Å². The zero-order valence-electron chi connectivity index (χ0n) is 15.8. The maximum atomic E-state index is 12.6. The SMILES string of the molecule is Cn1c(-c2ccc(NC(=O)C3COc4ccccc4O3)cc2)nc2ccccc21. The Hall–Kier alpha value is -3.80. The molecule has 3 aromatic carbocycles. The highest BCUT2D eigenvalue weighted by Crippen LogP contribution is 2.31. The van der Waals surface area contributed by atoms with E-state index >= 15 is 0 Å². The van der Waals surface area contributed by atoms with Crippen LogP contribution in [0.3, 0.4) is 0 Å². The van der Waals surface area contributed by atoms with Gasteiger partial charge in [0.25, 0.3) is 5.91 Å². The second-order valence-electron chi connectivity index (χ2n) is 6.91. The van der Waals surface area contributed by atoms with Gasteiger partial charge in [-0.3, -0.25) is 4.79 Å². The van der Waals surface area contributed by atoms with Crippen molar-refractivity contribution >= 4 is 22.6 Å². The Morgan fingerprint density at radius 1 is 1.00 bits per heavy atom. The Morgan fingerprint density at radius 2 is 1.72 bits per heavy atom. The number of nitrogens with zero attached hydrogens (tertiary/aromatic N) is 2. The molecule has 0 bridgehead atoms. The number of benzene rings is 3. The summed E-state index contributed by atoms with van der Waals surface area (Å²) in [7, 11) is 2.00. The van der Waals surface area contributed by atoms with Gasteiger partial charge in [-0.15, -0.1) is 0 Å². The molecule has 4 aromatic rings. The fraction of sp³-hybridized carbons (Fsp3) is 0.130. The van der Waals surface area contributed by atoms with Crippen molar-refractivity contribution < 1.29 is 14.3 Å². The summed E-state index contributed by atoms with van der Waals surface area (Å²) in [4.78, 5) is 17.3. The third-order valence-electron chi connectivity index (χ3n) is 5.00. The van der Waals surface area contributed by atoms with E-state index in [4.69, 9.17) is 14.5 Å². The number of amides is 1. The molecule has 1 unspecified atom stereocenters. The summed E-state index contributed by atoms with van der Waals surface area (Å²) in [6.07, 6.45) is -0.690. The van der Waals surface area contributed by atoms with Gasteiger partial charge in [-0.2, -0.15) is 0 Å². The van der Waals surface area contributed by atoms with E-state index in [1.165, 1.54) is 0 Å². The summed E-state index contributed by atoms with van der Waals surface area (Å²) in [6.45, 7) is 0.181. The predicted octanol–water partition coefficient (Wildman–Crippen LogP) is 4.02. The molecule has 6 heteroatoms. The maximum absolute atomic E-state index is 12.6. The van der Waals surface area contributed by atoms with Crippen molar-refractivity contribution in [3.05, 3.63) is 72.8 Å². The van der Waals surface area contributed by atoms with Gasteiger partial charge in [-0.25, -0.2) is 4.98 Å². The molecule has 0 fully saturated rings. The van der Waals surface area contributed by atoms with Crippen molar-refractivity contribution in [2.24, 2.45) is 7.05 Å². The van der Waals surface area contributed by atoms with Crippen molar-refractivity contribution in [2.45, 2.75) is 6.10 Å². The fourth-order valence-corrected chi connectivity index (χ4v) is 3.48. The van der Waals surface area contributed by atoms with Crippen LogP contribution in [-0.2, 0) is 11.8 Å². The molecule has 1 aliphatic heterocycles. The van der Waals surface area contributed by atoms with Crippen LogP contribution >= 0.6 is 0 Å². The number of fused-ring (bicyclic) bond motifs is 2. The lowest BCUT2D eigenvalue weighted by atomic mass is 10.2. The number of carbonyl (C=O) groups excluding carboxylic acids is 1. The fourth-order valence-electron chi connectivity index (χ4n) is 3.48. The first kappa shape index (κ1) is 17.3. The lowest BCUT2D eigenvalue weighted by molar-refractivity contribution is -0.125. The number of rotatable bonds is 3. The summed E-state index contributed by atoms with van der Waals surface area (Å²) in [5.74, 6) is 1.87. The first-order chi connectivity index (χ1) is 14.2. The van der Waals surface area contributed by atoms with E-state index in [-0.39, 0.29) is 12.5 Å². The van der Waals surface area contributed by atoms with Gasteiger partial charge < -0.3 is 19.4 Å². The van der Waals surface area contributed by atoms with Crippen molar-refractivity contribution in [3.63, 3.8) is 0 Å². The van der Waals surface area contributed by atoms with Gasteiger partial charge in [-0.1, -0.05) is 24.3 Å². The molecule has 1 atom stereocenters.